The van der Waals surface area contributed by atoms with Gasteiger partial charge in [0, 0.05) is 32.2 Å². The number of nitrogens with zero attached hydrogens (tertiary/aromatic N) is 1. The fourth-order valence-electron chi connectivity index (χ4n) is 2.85. The summed E-state index contributed by atoms with van der Waals surface area (Å²) in [6.07, 6.45) is 0.883. The SMILES string of the molecule is CN=C(NCCOCC(C)C)NC1CC(C)(C)Oc2ccccc21. The monoisotopic (exact) mass is 333 g/mol. The van der Waals surface area contributed by atoms with Crippen LogP contribution in [0.1, 0.15) is 45.7 Å². The number of aliphatic imine (C=N–C) groups is 1. The van der Waals surface area contributed by atoms with Gasteiger partial charge < -0.3 is 20.1 Å². The number of fused-ring (bicyclic) bond motifs is 1. The van der Waals surface area contributed by atoms with Crippen molar-refractivity contribution in [3.63, 3.8) is 0 Å². The van der Waals surface area contributed by atoms with Gasteiger partial charge in [-0.3, -0.25) is 4.99 Å². The molecule has 5 nitrogen and oxygen atoms in total. The summed E-state index contributed by atoms with van der Waals surface area (Å²) in [4.78, 5) is 4.33. The maximum Gasteiger partial charge on any atom is 0.191 e. The van der Waals surface area contributed by atoms with E-state index in [9.17, 15) is 0 Å². The van der Waals surface area contributed by atoms with Crippen LogP contribution in [0.2, 0.25) is 0 Å². The molecule has 0 bridgehead atoms. The molecule has 1 unspecified atom stereocenters. The molecule has 2 N–H and O–H groups in total. The van der Waals surface area contributed by atoms with Crippen LogP contribution >= 0.6 is 0 Å². The number of ether oxygens (including phenoxy) is 2. The molecule has 24 heavy (non-hydrogen) atoms. The van der Waals surface area contributed by atoms with E-state index in [0.717, 1.165) is 31.3 Å². The van der Waals surface area contributed by atoms with Gasteiger partial charge in [-0.1, -0.05) is 32.0 Å². The summed E-state index contributed by atoms with van der Waals surface area (Å²) in [5.74, 6) is 2.30. The highest BCUT2D eigenvalue weighted by Crippen LogP contribution is 2.39. The first-order valence-electron chi connectivity index (χ1n) is 8.74. The average Bonchev–Trinajstić information content (AvgIpc) is 2.52. The highest BCUT2D eigenvalue weighted by molar-refractivity contribution is 5.80. The lowest BCUT2D eigenvalue weighted by Gasteiger charge is -2.38. The third-order valence-electron chi connectivity index (χ3n) is 3.90. The predicted octanol–water partition coefficient (Wildman–Crippen LogP) is 3.13. The van der Waals surface area contributed by atoms with Crippen molar-refractivity contribution in [2.24, 2.45) is 10.9 Å². The van der Waals surface area contributed by atoms with Gasteiger partial charge in [0.15, 0.2) is 5.96 Å². The fourth-order valence-corrected chi connectivity index (χ4v) is 2.85. The van der Waals surface area contributed by atoms with Crippen molar-refractivity contribution in [1.82, 2.24) is 10.6 Å². The third-order valence-corrected chi connectivity index (χ3v) is 3.90. The molecule has 1 aromatic carbocycles. The lowest BCUT2D eigenvalue weighted by atomic mass is 9.90. The molecule has 0 aromatic heterocycles. The Balaban J connectivity index is 1.93. The van der Waals surface area contributed by atoms with Gasteiger partial charge in [-0.15, -0.1) is 0 Å². The van der Waals surface area contributed by atoms with E-state index in [1.165, 1.54) is 5.56 Å². The summed E-state index contributed by atoms with van der Waals surface area (Å²) >= 11 is 0. The van der Waals surface area contributed by atoms with Crippen LogP contribution < -0.4 is 15.4 Å². The van der Waals surface area contributed by atoms with Crippen LogP contribution in [0.5, 0.6) is 5.75 Å². The van der Waals surface area contributed by atoms with E-state index >= 15 is 0 Å². The van der Waals surface area contributed by atoms with Crippen molar-refractivity contribution in [1.29, 1.82) is 0 Å². The molecule has 0 aliphatic carbocycles. The summed E-state index contributed by atoms with van der Waals surface area (Å²) in [6.45, 7) is 10.7. The van der Waals surface area contributed by atoms with Crippen LogP contribution in [-0.2, 0) is 4.74 Å². The van der Waals surface area contributed by atoms with Gasteiger partial charge >= 0.3 is 0 Å². The number of para-hydroxylation sites is 1. The number of hydrogen-bond acceptors (Lipinski definition) is 3. The van der Waals surface area contributed by atoms with Crippen LogP contribution in [0.3, 0.4) is 0 Å². The Labute approximate surface area is 145 Å². The summed E-state index contributed by atoms with van der Waals surface area (Å²) in [5.41, 5.74) is 0.974. The predicted molar refractivity (Wildman–Crippen MR) is 98.7 cm³/mol. The number of benzene rings is 1. The van der Waals surface area contributed by atoms with Gasteiger partial charge in [-0.05, 0) is 25.8 Å². The fraction of sp³-hybridized carbons (Fsp3) is 0.632. The van der Waals surface area contributed by atoms with Gasteiger partial charge in [-0.25, -0.2) is 0 Å². The zero-order valence-electron chi connectivity index (χ0n) is 15.6. The molecule has 1 atom stereocenters. The Morgan fingerprint density at radius 3 is 2.83 bits per heavy atom. The summed E-state index contributed by atoms with van der Waals surface area (Å²) < 4.78 is 11.7. The van der Waals surface area contributed by atoms with Crippen LogP contribution in [0.15, 0.2) is 29.3 Å². The molecule has 0 spiro atoms. The Hall–Kier alpha value is -1.75. The van der Waals surface area contributed by atoms with Crippen molar-refractivity contribution in [3.05, 3.63) is 29.8 Å². The molecule has 0 saturated heterocycles. The van der Waals surface area contributed by atoms with E-state index in [0.29, 0.717) is 12.5 Å². The minimum absolute atomic E-state index is 0.174. The first-order chi connectivity index (χ1) is 11.4. The smallest absolute Gasteiger partial charge is 0.191 e. The minimum Gasteiger partial charge on any atom is -0.487 e. The lowest BCUT2D eigenvalue weighted by molar-refractivity contribution is 0.0693. The highest BCUT2D eigenvalue weighted by Gasteiger charge is 2.33. The van der Waals surface area contributed by atoms with Gasteiger partial charge in [0.2, 0.25) is 0 Å². The zero-order chi connectivity index (χ0) is 17.6. The summed E-state index contributed by atoms with van der Waals surface area (Å²) in [7, 11) is 1.79. The second kappa shape index (κ2) is 8.38. The van der Waals surface area contributed by atoms with Crippen molar-refractivity contribution in [3.8, 4) is 5.75 Å². The number of guanidine groups is 1. The molecule has 1 heterocycles. The largest absolute Gasteiger partial charge is 0.487 e. The van der Waals surface area contributed by atoms with Gasteiger partial charge in [0.25, 0.3) is 0 Å². The van der Waals surface area contributed by atoms with E-state index < -0.39 is 0 Å². The first-order valence-corrected chi connectivity index (χ1v) is 8.74. The van der Waals surface area contributed by atoms with Gasteiger partial charge in [0.05, 0.1) is 12.6 Å². The summed E-state index contributed by atoms with van der Waals surface area (Å²) in [5, 5.41) is 6.84. The molecular formula is C19H31N3O2. The van der Waals surface area contributed by atoms with E-state index in [1.807, 2.05) is 18.2 Å². The third kappa shape index (κ3) is 5.41. The molecule has 1 aliphatic rings. The lowest BCUT2D eigenvalue weighted by Crippen LogP contribution is -2.46. The molecule has 0 radical (unpaired) electrons. The molecule has 0 saturated carbocycles. The van der Waals surface area contributed by atoms with Crippen LogP contribution in [0.25, 0.3) is 0 Å². The van der Waals surface area contributed by atoms with Crippen molar-refractivity contribution in [2.45, 2.75) is 45.8 Å². The molecule has 0 fully saturated rings. The highest BCUT2D eigenvalue weighted by atomic mass is 16.5. The molecule has 2 rings (SSSR count). The van der Waals surface area contributed by atoms with E-state index in [1.54, 1.807) is 7.05 Å². The quantitative estimate of drug-likeness (QED) is 0.477. The Morgan fingerprint density at radius 1 is 1.38 bits per heavy atom. The van der Waals surface area contributed by atoms with E-state index in [-0.39, 0.29) is 11.6 Å². The van der Waals surface area contributed by atoms with Crippen molar-refractivity contribution < 1.29 is 9.47 Å². The minimum atomic E-state index is -0.203. The molecular weight excluding hydrogens is 302 g/mol. The number of hydrogen-bond donors (Lipinski definition) is 2. The molecule has 1 aliphatic heterocycles. The average molecular weight is 333 g/mol. The topological polar surface area (TPSA) is 54.9 Å². The second-order valence-electron chi connectivity index (χ2n) is 7.27. The van der Waals surface area contributed by atoms with Gasteiger partial charge in [-0.2, -0.15) is 0 Å². The van der Waals surface area contributed by atoms with Crippen LogP contribution in [0, 0.1) is 5.92 Å². The number of nitrogens with one attached hydrogen (secondary N) is 2. The van der Waals surface area contributed by atoms with Crippen molar-refractivity contribution >= 4 is 5.96 Å². The molecule has 0 amide bonds. The Morgan fingerprint density at radius 2 is 2.12 bits per heavy atom. The zero-order valence-corrected chi connectivity index (χ0v) is 15.6. The van der Waals surface area contributed by atoms with Gasteiger partial charge in [0.1, 0.15) is 11.4 Å². The second-order valence-corrected chi connectivity index (χ2v) is 7.27. The first kappa shape index (κ1) is 18.6. The van der Waals surface area contributed by atoms with E-state index in [2.05, 4.69) is 49.4 Å². The molecule has 1 aromatic rings. The van der Waals surface area contributed by atoms with Crippen molar-refractivity contribution in [2.75, 3.05) is 26.8 Å². The Kier molecular flexibility index (Phi) is 6.49. The normalized spacial score (nSPS) is 19.6. The maximum absolute atomic E-state index is 6.08. The van der Waals surface area contributed by atoms with E-state index in [4.69, 9.17) is 9.47 Å². The standard InChI is InChI=1S/C19H31N3O2/c1-14(2)13-23-11-10-21-18(20-5)22-16-12-19(3,4)24-17-9-7-6-8-15(16)17/h6-9,14,16H,10-13H2,1-5H3,(H2,20,21,22). The maximum atomic E-state index is 6.08. The van der Waals surface area contributed by atoms with Crippen LogP contribution in [-0.4, -0.2) is 38.4 Å². The summed E-state index contributed by atoms with van der Waals surface area (Å²) in [6, 6.07) is 8.37. The molecule has 134 valence electrons. The van der Waals surface area contributed by atoms with Crippen LogP contribution in [0.4, 0.5) is 0 Å². The molecule has 5 heteroatoms. The number of rotatable bonds is 6. The Bertz CT molecular complexity index is 555.